The first-order chi connectivity index (χ1) is 8.34. The van der Waals surface area contributed by atoms with Gasteiger partial charge in [-0.1, -0.05) is 30.3 Å². The van der Waals surface area contributed by atoms with Gasteiger partial charge in [-0.3, -0.25) is 9.69 Å². The average Bonchev–Trinajstić information content (AvgIpc) is 2.39. The number of hydrogen-bond acceptors (Lipinski definition) is 4. The molecule has 4 nitrogen and oxygen atoms in total. The molecule has 100 valence electrons. The smallest absolute Gasteiger partial charge is 0.320 e. The van der Waals surface area contributed by atoms with Crippen LogP contribution in [0.1, 0.15) is 5.56 Å². The van der Waals surface area contributed by atoms with Crippen LogP contribution >= 0.6 is 12.4 Å². The summed E-state index contributed by atoms with van der Waals surface area (Å²) in [7, 11) is 0. The fourth-order valence-corrected chi connectivity index (χ4v) is 1.84. The fourth-order valence-electron chi connectivity index (χ4n) is 1.84. The van der Waals surface area contributed by atoms with Crippen LogP contribution in [0.2, 0.25) is 0 Å². The van der Waals surface area contributed by atoms with Gasteiger partial charge in [0.05, 0.1) is 6.54 Å². The second kappa shape index (κ2) is 8.08. The highest BCUT2D eigenvalue weighted by atomic mass is 35.5. The minimum atomic E-state index is -0.143. The van der Waals surface area contributed by atoms with E-state index in [2.05, 4.69) is 10.2 Å². The second-order valence-corrected chi connectivity index (χ2v) is 4.17. The van der Waals surface area contributed by atoms with Gasteiger partial charge in [-0.25, -0.2) is 0 Å². The van der Waals surface area contributed by atoms with Crippen LogP contribution < -0.4 is 5.32 Å². The molecule has 0 radical (unpaired) electrons. The normalized spacial score (nSPS) is 15.8. The highest BCUT2D eigenvalue weighted by Gasteiger charge is 2.14. The molecule has 2 rings (SSSR count). The first-order valence-electron chi connectivity index (χ1n) is 5.97. The van der Waals surface area contributed by atoms with Crippen molar-refractivity contribution in [2.24, 2.45) is 0 Å². The zero-order valence-electron chi connectivity index (χ0n) is 10.3. The Kier molecular flexibility index (Phi) is 6.72. The van der Waals surface area contributed by atoms with E-state index in [9.17, 15) is 4.79 Å². The van der Waals surface area contributed by atoms with Crippen molar-refractivity contribution in [1.82, 2.24) is 10.2 Å². The van der Waals surface area contributed by atoms with Gasteiger partial charge >= 0.3 is 5.97 Å². The van der Waals surface area contributed by atoms with E-state index < -0.39 is 0 Å². The molecular formula is C13H19ClN2O2. The van der Waals surface area contributed by atoms with E-state index in [0.29, 0.717) is 13.2 Å². The van der Waals surface area contributed by atoms with Crippen LogP contribution in [0.15, 0.2) is 30.3 Å². The molecule has 0 aromatic heterocycles. The molecule has 5 heteroatoms. The van der Waals surface area contributed by atoms with Crippen molar-refractivity contribution in [3.63, 3.8) is 0 Å². The molecule has 0 aliphatic carbocycles. The Balaban J connectivity index is 0.00000162. The standard InChI is InChI=1S/C13H18N2O2.ClH/c16-13(10-15-8-6-14-7-9-15)17-11-12-4-2-1-3-5-12;/h1-5,14H,6-11H2;1H. The molecule has 1 saturated heterocycles. The zero-order valence-corrected chi connectivity index (χ0v) is 11.1. The molecular weight excluding hydrogens is 252 g/mol. The van der Waals surface area contributed by atoms with E-state index in [0.717, 1.165) is 31.7 Å². The number of piperazine rings is 1. The van der Waals surface area contributed by atoms with E-state index in [1.807, 2.05) is 30.3 Å². The average molecular weight is 271 g/mol. The maximum atomic E-state index is 11.6. The summed E-state index contributed by atoms with van der Waals surface area (Å²) < 4.78 is 5.23. The number of ether oxygens (including phenoxy) is 1. The number of carbonyl (C=O) groups is 1. The highest BCUT2D eigenvalue weighted by Crippen LogP contribution is 2.01. The van der Waals surface area contributed by atoms with Gasteiger partial charge in [0.1, 0.15) is 6.61 Å². The topological polar surface area (TPSA) is 41.6 Å². The molecule has 1 aromatic carbocycles. The third kappa shape index (κ3) is 5.04. The van der Waals surface area contributed by atoms with Gasteiger partial charge in [0, 0.05) is 26.2 Å². The predicted octanol–water partition coefficient (Wildman–Crippen LogP) is 1.06. The van der Waals surface area contributed by atoms with Crippen LogP contribution in [0.3, 0.4) is 0 Å². The Morgan fingerprint density at radius 3 is 2.56 bits per heavy atom. The van der Waals surface area contributed by atoms with Crippen LogP contribution in [-0.4, -0.2) is 43.6 Å². The molecule has 1 heterocycles. The lowest BCUT2D eigenvalue weighted by molar-refractivity contribution is -0.146. The highest BCUT2D eigenvalue weighted by molar-refractivity contribution is 5.85. The summed E-state index contributed by atoms with van der Waals surface area (Å²) in [5.74, 6) is -0.143. The number of hydrogen-bond donors (Lipinski definition) is 1. The molecule has 1 aromatic rings. The third-order valence-electron chi connectivity index (χ3n) is 2.80. The van der Waals surface area contributed by atoms with Gasteiger partial charge in [-0.15, -0.1) is 12.4 Å². The molecule has 1 aliphatic heterocycles. The van der Waals surface area contributed by atoms with Crippen molar-refractivity contribution < 1.29 is 9.53 Å². The van der Waals surface area contributed by atoms with Crippen molar-refractivity contribution >= 4 is 18.4 Å². The predicted molar refractivity (Wildman–Crippen MR) is 72.8 cm³/mol. The lowest BCUT2D eigenvalue weighted by Gasteiger charge is -2.25. The van der Waals surface area contributed by atoms with Crippen molar-refractivity contribution in [2.75, 3.05) is 32.7 Å². The molecule has 0 unspecified atom stereocenters. The first kappa shape index (κ1) is 15.0. The van der Waals surface area contributed by atoms with Gasteiger partial charge in [0.25, 0.3) is 0 Å². The minimum Gasteiger partial charge on any atom is -0.460 e. The summed E-state index contributed by atoms with van der Waals surface area (Å²) in [5.41, 5.74) is 1.03. The third-order valence-corrected chi connectivity index (χ3v) is 2.80. The van der Waals surface area contributed by atoms with Gasteiger partial charge in [-0.2, -0.15) is 0 Å². The lowest BCUT2D eigenvalue weighted by Crippen LogP contribution is -2.45. The van der Waals surface area contributed by atoms with Crippen molar-refractivity contribution in [3.8, 4) is 0 Å². The SMILES string of the molecule is Cl.O=C(CN1CCNCC1)OCc1ccccc1. The molecule has 1 aliphatic rings. The van der Waals surface area contributed by atoms with E-state index in [4.69, 9.17) is 4.74 Å². The quantitative estimate of drug-likeness (QED) is 0.831. The molecule has 0 bridgehead atoms. The number of halogens is 1. The minimum absolute atomic E-state index is 0. The van der Waals surface area contributed by atoms with Crippen LogP contribution in [0.5, 0.6) is 0 Å². The Labute approximate surface area is 114 Å². The summed E-state index contributed by atoms with van der Waals surface area (Å²) in [6.45, 7) is 4.50. The molecule has 1 fully saturated rings. The molecule has 18 heavy (non-hydrogen) atoms. The summed E-state index contributed by atoms with van der Waals surface area (Å²) in [6, 6.07) is 9.75. The Morgan fingerprint density at radius 2 is 1.89 bits per heavy atom. The molecule has 0 amide bonds. The van der Waals surface area contributed by atoms with Crippen LogP contribution in [-0.2, 0) is 16.1 Å². The molecule has 0 atom stereocenters. The number of benzene rings is 1. The Morgan fingerprint density at radius 1 is 1.22 bits per heavy atom. The van der Waals surface area contributed by atoms with Gasteiger partial charge in [0.15, 0.2) is 0 Å². The summed E-state index contributed by atoms with van der Waals surface area (Å²) in [6.07, 6.45) is 0. The van der Waals surface area contributed by atoms with Crippen molar-refractivity contribution in [1.29, 1.82) is 0 Å². The first-order valence-corrected chi connectivity index (χ1v) is 5.97. The number of esters is 1. The fraction of sp³-hybridized carbons (Fsp3) is 0.462. The van der Waals surface area contributed by atoms with Gasteiger partial charge in [-0.05, 0) is 5.56 Å². The maximum absolute atomic E-state index is 11.6. The van der Waals surface area contributed by atoms with Gasteiger partial charge < -0.3 is 10.1 Å². The van der Waals surface area contributed by atoms with E-state index in [1.165, 1.54) is 0 Å². The summed E-state index contributed by atoms with van der Waals surface area (Å²) >= 11 is 0. The zero-order chi connectivity index (χ0) is 11.9. The maximum Gasteiger partial charge on any atom is 0.320 e. The summed E-state index contributed by atoms with van der Waals surface area (Å²) in [4.78, 5) is 13.7. The van der Waals surface area contributed by atoms with E-state index >= 15 is 0 Å². The second-order valence-electron chi connectivity index (χ2n) is 4.17. The van der Waals surface area contributed by atoms with Crippen LogP contribution in [0.25, 0.3) is 0 Å². The molecule has 1 N–H and O–H groups in total. The number of nitrogens with one attached hydrogen (secondary N) is 1. The van der Waals surface area contributed by atoms with Crippen LogP contribution in [0, 0.1) is 0 Å². The van der Waals surface area contributed by atoms with E-state index in [-0.39, 0.29) is 18.4 Å². The Hall–Kier alpha value is -1.10. The van der Waals surface area contributed by atoms with Crippen LogP contribution in [0.4, 0.5) is 0 Å². The molecule has 0 saturated carbocycles. The van der Waals surface area contributed by atoms with Crippen molar-refractivity contribution in [3.05, 3.63) is 35.9 Å². The summed E-state index contributed by atoms with van der Waals surface area (Å²) in [5, 5.41) is 3.25. The van der Waals surface area contributed by atoms with Crippen molar-refractivity contribution in [2.45, 2.75) is 6.61 Å². The monoisotopic (exact) mass is 270 g/mol. The Bertz CT molecular complexity index is 353. The number of carbonyl (C=O) groups excluding carboxylic acids is 1. The number of rotatable bonds is 4. The number of nitrogens with zero attached hydrogens (tertiary/aromatic N) is 1. The van der Waals surface area contributed by atoms with Gasteiger partial charge in [0.2, 0.25) is 0 Å². The largest absolute Gasteiger partial charge is 0.460 e. The lowest BCUT2D eigenvalue weighted by atomic mass is 10.2. The molecule has 0 spiro atoms. The van der Waals surface area contributed by atoms with E-state index in [1.54, 1.807) is 0 Å².